The number of aryl methyl sites for hydroxylation is 1. The average molecular weight is 271 g/mol. The van der Waals surface area contributed by atoms with E-state index in [1.54, 1.807) is 17.5 Å². The number of nitrogens with zero attached hydrogens (tertiary/aromatic N) is 3. The second kappa shape index (κ2) is 3.62. The molecule has 6 heteroatoms. The first-order valence-corrected chi connectivity index (χ1v) is 5.54. The van der Waals surface area contributed by atoms with Gasteiger partial charge < -0.3 is 5.73 Å². The molecular weight excluding hydrogens is 264 g/mol. The van der Waals surface area contributed by atoms with E-state index in [-0.39, 0.29) is 0 Å². The Morgan fingerprint density at radius 1 is 1.43 bits per heavy atom. The monoisotopic (exact) mass is 270 g/mol. The van der Waals surface area contributed by atoms with Gasteiger partial charge in [0.15, 0.2) is 5.82 Å². The van der Waals surface area contributed by atoms with E-state index < -0.39 is 0 Å². The summed E-state index contributed by atoms with van der Waals surface area (Å²) in [5, 5.41) is 2.91. The lowest BCUT2D eigenvalue weighted by atomic mass is 10.4. The van der Waals surface area contributed by atoms with Crippen LogP contribution in [0.2, 0.25) is 0 Å². The standard InChI is InChI=1S/C8H7BrN4S/c1-4-12-6(3-14-4)8-11-2-5(9)7(10)13-8/h2-3H,1H3,(H2,10,11,13). The quantitative estimate of drug-likeness (QED) is 0.864. The molecule has 0 atom stereocenters. The summed E-state index contributed by atoms with van der Waals surface area (Å²) in [4.78, 5) is 12.5. The molecule has 72 valence electrons. The third-order valence-corrected chi connectivity index (χ3v) is 3.00. The fourth-order valence-electron chi connectivity index (χ4n) is 0.970. The second-order valence-electron chi connectivity index (χ2n) is 2.68. The number of aromatic nitrogens is 3. The van der Waals surface area contributed by atoms with Gasteiger partial charge in [-0.05, 0) is 22.9 Å². The van der Waals surface area contributed by atoms with Crippen LogP contribution >= 0.6 is 27.3 Å². The maximum Gasteiger partial charge on any atom is 0.181 e. The van der Waals surface area contributed by atoms with Gasteiger partial charge in [-0.2, -0.15) is 0 Å². The highest BCUT2D eigenvalue weighted by Gasteiger charge is 2.06. The molecule has 0 aromatic carbocycles. The van der Waals surface area contributed by atoms with Crippen molar-refractivity contribution in [2.75, 3.05) is 5.73 Å². The van der Waals surface area contributed by atoms with Crippen molar-refractivity contribution in [3.63, 3.8) is 0 Å². The Hall–Kier alpha value is -1.01. The summed E-state index contributed by atoms with van der Waals surface area (Å²) in [7, 11) is 0. The molecule has 4 nitrogen and oxygen atoms in total. The zero-order valence-electron chi connectivity index (χ0n) is 7.36. The number of nitrogen functional groups attached to an aromatic ring is 1. The van der Waals surface area contributed by atoms with Crippen LogP contribution in [0, 0.1) is 6.92 Å². The number of anilines is 1. The van der Waals surface area contributed by atoms with Crippen LogP contribution in [-0.4, -0.2) is 15.0 Å². The zero-order valence-corrected chi connectivity index (χ0v) is 9.76. The van der Waals surface area contributed by atoms with E-state index in [9.17, 15) is 0 Å². The summed E-state index contributed by atoms with van der Waals surface area (Å²) in [5.41, 5.74) is 6.41. The predicted molar refractivity (Wildman–Crippen MR) is 60.0 cm³/mol. The van der Waals surface area contributed by atoms with Crippen molar-refractivity contribution in [3.8, 4) is 11.5 Å². The largest absolute Gasteiger partial charge is 0.383 e. The first kappa shape index (κ1) is 9.54. The number of hydrogen-bond donors (Lipinski definition) is 1. The molecule has 0 aliphatic rings. The van der Waals surface area contributed by atoms with Crippen LogP contribution in [-0.2, 0) is 0 Å². The third kappa shape index (κ3) is 1.76. The van der Waals surface area contributed by atoms with Crippen molar-refractivity contribution in [3.05, 3.63) is 21.1 Å². The van der Waals surface area contributed by atoms with Gasteiger partial charge in [-0.3, -0.25) is 0 Å². The first-order chi connectivity index (χ1) is 6.66. The molecule has 2 rings (SSSR count). The molecule has 2 heterocycles. The molecule has 0 spiro atoms. The zero-order chi connectivity index (χ0) is 10.1. The first-order valence-electron chi connectivity index (χ1n) is 3.87. The molecule has 0 amide bonds. The predicted octanol–water partition coefficient (Wildman–Crippen LogP) is 2.25. The van der Waals surface area contributed by atoms with Crippen molar-refractivity contribution < 1.29 is 0 Å². The molecule has 0 aliphatic heterocycles. The van der Waals surface area contributed by atoms with E-state index in [0.29, 0.717) is 16.1 Å². The molecule has 0 fully saturated rings. The highest BCUT2D eigenvalue weighted by molar-refractivity contribution is 9.10. The van der Waals surface area contributed by atoms with Crippen molar-refractivity contribution in [1.29, 1.82) is 0 Å². The van der Waals surface area contributed by atoms with Gasteiger partial charge in [0.25, 0.3) is 0 Å². The van der Waals surface area contributed by atoms with E-state index in [1.807, 2.05) is 12.3 Å². The van der Waals surface area contributed by atoms with Gasteiger partial charge in [0.05, 0.1) is 9.48 Å². The maximum atomic E-state index is 5.64. The minimum absolute atomic E-state index is 0.431. The normalized spacial score (nSPS) is 10.4. The van der Waals surface area contributed by atoms with E-state index >= 15 is 0 Å². The van der Waals surface area contributed by atoms with Gasteiger partial charge in [0, 0.05) is 11.6 Å². The molecule has 2 aromatic rings. The summed E-state index contributed by atoms with van der Waals surface area (Å²) in [6, 6.07) is 0. The van der Waals surface area contributed by atoms with Crippen LogP contribution in [0.15, 0.2) is 16.0 Å². The minimum atomic E-state index is 0.431. The topological polar surface area (TPSA) is 64.7 Å². The van der Waals surface area contributed by atoms with Crippen LogP contribution < -0.4 is 5.73 Å². The third-order valence-electron chi connectivity index (χ3n) is 1.62. The molecule has 0 aliphatic carbocycles. The summed E-state index contributed by atoms with van der Waals surface area (Å²) in [5.74, 6) is 0.996. The van der Waals surface area contributed by atoms with E-state index in [0.717, 1.165) is 10.7 Å². The van der Waals surface area contributed by atoms with Gasteiger partial charge in [-0.25, -0.2) is 15.0 Å². The Morgan fingerprint density at radius 2 is 2.21 bits per heavy atom. The van der Waals surface area contributed by atoms with Gasteiger partial charge in [-0.15, -0.1) is 11.3 Å². The number of thiazole rings is 1. The van der Waals surface area contributed by atoms with Crippen molar-refractivity contribution in [2.24, 2.45) is 0 Å². The SMILES string of the molecule is Cc1nc(-c2ncc(Br)c(N)n2)cs1. The molecule has 14 heavy (non-hydrogen) atoms. The lowest BCUT2D eigenvalue weighted by Crippen LogP contribution is -1.96. The average Bonchev–Trinajstić information content (AvgIpc) is 2.57. The Labute approximate surface area is 93.4 Å². The number of rotatable bonds is 1. The molecule has 0 unspecified atom stereocenters. The Kier molecular flexibility index (Phi) is 2.47. The molecule has 2 aromatic heterocycles. The number of nitrogens with two attached hydrogens (primary N) is 1. The van der Waals surface area contributed by atoms with Gasteiger partial charge >= 0.3 is 0 Å². The fraction of sp³-hybridized carbons (Fsp3) is 0.125. The molecular formula is C8H7BrN4S. The summed E-state index contributed by atoms with van der Waals surface area (Å²) in [6.45, 7) is 1.94. The fourth-order valence-corrected chi connectivity index (χ4v) is 1.75. The van der Waals surface area contributed by atoms with Gasteiger partial charge in [0.2, 0.25) is 0 Å². The van der Waals surface area contributed by atoms with E-state index in [4.69, 9.17) is 5.73 Å². The van der Waals surface area contributed by atoms with Crippen LogP contribution in [0.25, 0.3) is 11.5 Å². The van der Waals surface area contributed by atoms with E-state index in [1.165, 1.54) is 0 Å². The molecule has 0 radical (unpaired) electrons. The van der Waals surface area contributed by atoms with Crippen LogP contribution in [0.4, 0.5) is 5.82 Å². The van der Waals surface area contributed by atoms with Crippen molar-refractivity contribution in [2.45, 2.75) is 6.92 Å². The molecule has 0 saturated heterocycles. The summed E-state index contributed by atoms with van der Waals surface area (Å²) in [6.07, 6.45) is 1.63. The number of halogens is 1. The highest BCUT2D eigenvalue weighted by Crippen LogP contribution is 2.21. The Balaban J connectivity index is 2.47. The van der Waals surface area contributed by atoms with Crippen LogP contribution in [0.5, 0.6) is 0 Å². The number of hydrogen-bond acceptors (Lipinski definition) is 5. The van der Waals surface area contributed by atoms with Crippen molar-refractivity contribution in [1.82, 2.24) is 15.0 Å². The summed E-state index contributed by atoms with van der Waals surface area (Å²) >= 11 is 4.80. The second-order valence-corrected chi connectivity index (χ2v) is 4.60. The van der Waals surface area contributed by atoms with E-state index in [2.05, 4.69) is 30.9 Å². The van der Waals surface area contributed by atoms with Crippen LogP contribution in [0.1, 0.15) is 5.01 Å². The molecule has 0 bridgehead atoms. The van der Waals surface area contributed by atoms with Gasteiger partial charge in [-0.1, -0.05) is 0 Å². The lowest BCUT2D eigenvalue weighted by Gasteiger charge is -1.98. The maximum absolute atomic E-state index is 5.64. The Morgan fingerprint density at radius 3 is 2.79 bits per heavy atom. The molecule has 2 N–H and O–H groups in total. The van der Waals surface area contributed by atoms with Crippen LogP contribution in [0.3, 0.4) is 0 Å². The lowest BCUT2D eigenvalue weighted by molar-refractivity contribution is 1.14. The smallest absolute Gasteiger partial charge is 0.181 e. The molecule has 0 saturated carbocycles. The minimum Gasteiger partial charge on any atom is -0.383 e. The van der Waals surface area contributed by atoms with Gasteiger partial charge in [0.1, 0.15) is 11.5 Å². The van der Waals surface area contributed by atoms with Crippen molar-refractivity contribution >= 4 is 33.1 Å². The highest BCUT2D eigenvalue weighted by atomic mass is 79.9. The Bertz CT molecular complexity index is 468. The summed E-state index contributed by atoms with van der Waals surface area (Å²) < 4.78 is 0.702.